The first-order valence-corrected chi connectivity index (χ1v) is 10.8. The van der Waals surface area contributed by atoms with Crippen LogP contribution < -0.4 is 15.8 Å². The van der Waals surface area contributed by atoms with E-state index in [0.29, 0.717) is 24.5 Å². The molecule has 1 aliphatic rings. The lowest BCUT2D eigenvalue weighted by Crippen LogP contribution is -2.39. The van der Waals surface area contributed by atoms with Crippen molar-refractivity contribution in [3.05, 3.63) is 95.6 Å². The normalized spacial score (nSPS) is 15.9. The Bertz CT molecular complexity index is 1070. The highest BCUT2D eigenvalue weighted by Crippen LogP contribution is 2.24. The first-order valence-electron chi connectivity index (χ1n) is 10.8. The molecular weight excluding hydrogens is 402 g/mol. The monoisotopic (exact) mass is 429 g/mol. The smallest absolute Gasteiger partial charge is 0.255 e. The highest BCUT2D eigenvalue weighted by Gasteiger charge is 2.29. The molecule has 1 atom stereocenters. The number of carbonyl (C=O) groups excluding carboxylic acids is 2. The van der Waals surface area contributed by atoms with E-state index in [4.69, 9.17) is 10.5 Å². The van der Waals surface area contributed by atoms with Gasteiger partial charge in [-0.1, -0.05) is 48.5 Å². The fourth-order valence-corrected chi connectivity index (χ4v) is 3.97. The van der Waals surface area contributed by atoms with Gasteiger partial charge in [-0.05, 0) is 60.8 Å². The van der Waals surface area contributed by atoms with Gasteiger partial charge in [0.25, 0.3) is 5.91 Å². The van der Waals surface area contributed by atoms with Crippen LogP contribution in [-0.2, 0) is 17.9 Å². The topological polar surface area (TPSA) is 84.7 Å². The Morgan fingerprint density at radius 2 is 1.69 bits per heavy atom. The summed E-state index contributed by atoms with van der Waals surface area (Å²) in [6.45, 7) is 1.86. The van der Waals surface area contributed by atoms with Crippen molar-refractivity contribution in [1.29, 1.82) is 0 Å². The van der Waals surface area contributed by atoms with Gasteiger partial charge in [-0.3, -0.25) is 14.5 Å². The molecule has 0 spiro atoms. The molecule has 32 heavy (non-hydrogen) atoms. The molecule has 1 saturated heterocycles. The van der Waals surface area contributed by atoms with Gasteiger partial charge in [0, 0.05) is 17.8 Å². The molecule has 164 valence electrons. The molecule has 1 heterocycles. The van der Waals surface area contributed by atoms with Crippen LogP contribution in [0.2, 0.25) is 0 Å². The summed E-state index contributed by atoms with van der Waals surface area (Å²) in [6, 6.07) is 24.4. The van der Waals surface area contributed by atoms with Crippen molar-refractivity contribution in [2.45, 2.75) is 32.0 Å². The van der Waals surface area contributed by atoms with Gasteiger partial charge in [0.15, 0.2) is 0 Å². The zero-order valence-electron chi connectivity index (χ0n) is 17.9. The van der Waals surface area contributed by atoms with Crippen LogP contribution in [0.3, 0.4) is 0 Å². The largest absolute Gasteiger partial charge is 0.489 e. The zero-order chi connectivity index (χ0) is 22.3. The average Bonchev–Trinajstić information content (AvgIpc) is 3.28. The molecule has 0 saturated carbocycles. The minimum atomic E-state index is -0.293. The first-order chi connectivity index (χ1) is 15.6. The lowest BCUT2D eigenvalue weighted by atomic mass is 10.1. The summed E-state index contributed by atoms with van der Waals surface area (Å²) < 4.78 is 5.79. The van der Waals surface area contributed by atoms with E-state index in [-0.39, 0.29) is 17.9 Å². The van der Waals surface area contributed by atoms with Gasteiger partial charge in [-0.25, -0.2) is 0 Å². The Labute approximate surface area is 188 Å². The van der Waals surface area contributed by atoms with Crippen molar-refractivity contribution >= 4 is 17.5 Å². The van der Waals surface area contributed by atoms with Gasteiger partial charge < -0.3 is 15.8 Å². The third-order valence-electron chi connectivity index (χ3n) is 5.70. The molecular formula is C26H27N3O3. The molecule has 6 nitrogen and oxygen atoms in total. The summed E-state index contributed by atoms with van der Waals surface area (Å²) >= 11 is 0. The number of nitrogens with two attached hydrogens (primary N) is 1. The van der Waals surface area contributed by atoms with Crippen LogP contribution in [0.1, 0.15) is 34.3 Å². The Hall–Kier alpha value is -3.64. The van der Waals surface area contributed by atoms with Crippen molar-refractivity contribution in [3.8, 4) is 5.75 Å². The Morgan fingerprint density at radius 3 is 2.44 bits per heavy atom. The Morgan fingerprint density at radius 1 is 0.969 bits per heavy atom. The van der Waals surface area contributed by atoms with E-state index in [1.54, 1.807) is 24.3 Å². The van der Waals surface area contributed by atoms with E-state index in [1.807, 2.05) is 54.6 Å². The molecule has 2 amide bonds. The molecule has 1 aliphatic heterocycles. The third-order valence-corrected chi connectivity index (χ3v) is 5.70. The minimum Gasteiger partial charge on any atom is -0.489 e. The zero-order valence-corrected chi connectivity index (χ0v) is 17.9. The van der Waals surface area contributed by atoms with Crippen LogP contribution >= 0.6 is 0 Å². The quantitative estimate of drug-likeness (QED) is 0.568. The maximum absolute atomic E-state index is 12.8. The fraction of sp³-hybridized carbons (Fsp3) is 0.231. The number of amides is 2. The Balaban J connectivity index is 1.39. The predicted molar refractivity (Wildman–Crippen MR) is 124 cm³/mol. The highest BCUT2D eigenvalue weighted by molar-refractivity contribution is 6.04. The molecule has 0 aliphatic carbocycles. The van der Waals surface area contributed by atoms with Gasteiger partial charge in [0.2, 0.25) is 5.91 Å². The lowest BCUT2D eigenvalue weighted by molar-refractivity contribution is -0.122. The van der Waals surface area contributed by atoms with Crippen LogP contribution in [-0.4, -0.2) is 29.3 Å². The Kier molecular flexibility index (Phi) is 6.82. The number of anilines is 1. The number of ether oxygens (including phenoxy) is 1. The van der Waals surface area contributed by atoms with E-state index in [0.717, 1.165) is 36.2 Å². The summed E-state index contributed by atoms with van der Waals surface area (Å²) in [7, 11) is 0. The average molecular weight is 430 g/mol. The molecule has 6 heteroatoms. The molecule has 3 aromatic carbocycles. The van der Waals surface area contributed by atoms with Gasteiger partial charge >= 0.3 is 0 Å². The molecule has 0 aromatic heterocycles. The van der Waals surface area contributed by atoms with Crippen LogP contribution in [0.4, 0.5) is 5.69 Å². The van der Waals surface area contributed by atoms with E-state index in [1.165, 1.54) is 0 Å². The van der Waals surface area contributed by atoms with Crippen LogP contribution in [0.5, 0.6) is 5.75 Å². The number of hydrogen-bond donors (Lipinski definition) is 2. The second-order valence-electron chi connectivity index (χ2n) is 7.94. The van der Waals surface area contributed by atoms with Crippen LogP contribution in [0.15, 0.2) is 78.9 Å². The molecule has 3 N–H and O–H groups in total. The number of para-hydroxylation sites is 1. The van der Waals surface area contributed by atoms with E-state index < -0.39 is 0 Å². The number of likely N-dealkylation sites (tertiary alicyclic amines) is 1. The van der Waals surface area contributed by atoms with Gasteiger partial charge in [0.1, 0.15) is 12.4 Å². The molecule has 1 fully saturated rings. The van der Waals surface area contributed by atoms with Crippen LogP contribution in [0, 0.1) is 0 Å². The molecule has 3 aromatic rings. The van der Waals surface area contributed by atoms with E-state index in [9.17, 15) is 9.59 Å². The SMILES string of the molecule is NC(=O)C1CCCN1Cc1ccccc1NC(=O)c1ccc(OCc2ccccc2)cc1. The van der Waals surface area contributed by atoms with Crippen molar-refractivity contribution < 1.29 is 14.3 Å². The summed E-state index contributed by atoms with van der Waals surface area (Å²) in [4.78, 5) is 26.6. The molecule has 0 bridgehead atoms. The number of primary amides is 1. The molecule has 4 rings (SSSR count). The summed E-state index contributed by atoms with van der Waals surface area (Å²) in [5, 5.41) is 3.00. The van der Waals surface area contributed by atoms with Crippen molar-refractivity contribution in [1.82, 2.24) is 4.90 Å². The number of carbonyl (C=O) groups is 2. The summed E-state index contributed by atoms with van der Waals surface area (Å²) in [5.74, 6) is 0.218. The summed E-state index contributed by atoms with van der Waals surface area (Å²) in [5.41, 5.74) is 8.86. The third kappa shape index (κ3) is 5.34. The molecule has 0 radical (unpaired) electrons. The number of nitrogens with zero attached hydrogens (tertiary/aromatic N) is 1. The fourth-order valence-electron chi connectivity index (χ4n) is 3.97. The number of nitrogens with one attached hydrogen (secondary N) is 1. The predicted octanol–water partition coefficient (Wildman–Crippen LogP) is 3.97. The van der Waals surface area contributed by atoms with Crippen LogP contribution in [0.25, 0.3) is 0 Å². The van der Waals surface area contributed by atoms with Crippen molar-refractivity contribution in [2.75, 3.05) is 11.9 Å². The lowest BCUT2D eigenvalue weighted by Gasteiger charge is -2.23. The first kappa shape index (κ1) is 21.6. The van der Waals surface area contributed by atoms with Crippen molar-refractivity contribution in [3.63, 3.8) is 0 Å². The number of rotatable bonds is 8. The highest BCUT2D eigenvalue weighted by atomic mass is 16.5. The summed E-state index contributed by atoms with van der Waals surface area (Å²) in [6.07, 6.45) is 1.73. The van der Waals surface area contributed by atoms with E-state index >= 15 is 0 Å². The van der Waals surface area contributed by atoms with Gasteiger partial charge in [-0.15, -0.1) is 0 Å². The number of benzene rings is 3. The van der Waals surface area contributed by atoms with E-state index in [2.05, 4.69) is 10.2 Å². The van der Waals surface area contributed by atoms with Gasteiger partial charge in [-0.2, -0.15) is 0 Å². The minimum absolute atomic E-state index is 0.195. The number of hydrogen-bond acceptors (Lipinski definition) is 4. The standard InChI is InChI=1S/C26H27N3O3/c27-25(30)24-11-6-16-29(24)17-21-9-4-5-10-23(21)28-26(31)20-12-14-22(15-13-20)32-18-19-7-2-1-3-8-19/h1-5,7-10,12-15,24H,6,11,16-18H2,(H2,27,30)(H,28,31). The second-order valence-corrected chi connectivity index (χ2v) is 7.94. The van der Waals surface area contributed by atoms with Gasteiger partial charge in [0.05, 0.1) is 6.04 Å². The maximum Gasteiger partial charge on any atom is 0.255 e. The van der Waals surface area contributed by atoms with Crippen molar-refractivity contribution in [2.24, 2.45) is 5.73 Å². The molecule has 1 unspecified atom stereocenters. The second kappa shape index (κ2) is 10.1. The maximum atomic E-state index is 12.8.